The quantitative estimate of drug-likeness (QED) is 0.502. The number of hydrogen-bond donors (Lipinski definition) is 1. The minimum atomic E-state index is -2.33. The molecule has 1 amide bonds. The largest absolute Gasteiger partial charge is 0.445 e. The number of amides is 1. The second-order valence-corrected chi connectivity index (χ2v) is 7.96. The first kappa shape index (κ1) is 19.8. The molecule has 0 fully saturated rings. The number of rotatable bonds is 10. The van der Waals surface area contributed by atoms with Gasteiger partial charge in [-0.05, 0) is 43.5 Å². The van der Waals surface area contributed by atoms with Gasteiger partial charge < -0.3 is 19.1 Å². The summed E-state index contributed by atoms with van der Waals surface area (Å²) in [5.74, 6) is 1.80. The van der Waals surface area contributed by atoms with Crippen LogP contribution in [0.2, 0.25) is 0 Å². The Morgan fingerprint density at radius 1 is 1.22 bits per heavy atom. The molecule has 7 heteroatoms. The summed E-state index contributed by atoms with van der Waals surface area (Å²) in [6.45, 7) is 3.22. The van der Waals surface area contributed by atoms with Crippen molar-refractivity contribution in [3.05, 3.63) is 47.8 Å². The molecule has 0 atom stereocenters. The van der Waals surface area contributed by atoms with E-state index in [1.54, 1.807) is 5.82 Å². The van der Waals surface area contributed by atoms with Crippen LogP contribution in [0.3, 0.4) is 0 Å². The van der Waals surface area contributed by atoms with Gasteiger partial charge in [0, 0.05) is 6.54 Å². The highest BCUT2D eigenvalue weighted by molar-refractivity contribution is 8.11. The Kier molecular flexibility index (Phi) is 9.80. The number of alkyl carbamates (subject to hydrolysis) is 1. The average Bonchev–Trinajstić information content (AvgIpc) is 2.54. The fourth-order valence-electron chi connectivity index (χ4n) is 1.72. The van der Waals surface area contributed by atoms with E-state index in [1.165, 1.54) is 0 Å². The number of hydrogen-bond acceptors (Lipinski definition) is 5. The highest BCUT2D eigenvalue weighted by Gasteiger charge is 2.12. The van der Waals surface area contributed by atoms with E-state index < -0.39 is 12.6 Å². The van der Waals surface area contributed by atoms with E-state index >= 15 is 0 Å². The van der Waals surface area contributed by atoms with Crippen LogP contribution in [-0.2, 0) is 32.2 Å². The van der Waals surface area contributed by atoms with Crippen molar-refractivity contribution in [2.45, 2.75) is 26.9 Å². The third kappa shape index (κ3) is 8.86. The Labute approximate surface area is 143 Å². The van der Waals surface area contributed by atoms with E-state index in [-0.39, 0.29) is 6.61 Å². The molecular weight excluding hydrogens is 333 g/mol. The fourth-order valence-corrected chi connectivity index (χ4v) is 3.98. The Morgan fingerprint density at radius 3 is 2.48 bits per heavy atom. The van der Waals surface area contributed by atoms with Gasteiger partial charge in [-0.25, -0.2) is 4.79 Å². The van der Waals surface area contributed by atoms with Crippen LogP contribution in [0.25, 0.3) is 0 Å². The second kappa shape index (κ2) is 11.4. The van der Waals surface area contributed by atoms with Gasteiger partial charge in [-0.2, -0.15) is 0 Å². The normalized spacial score (nSPS) is 11.6. The summed E-state index contributed by atoms with van der Waals surface area (Å²) >= 11 is 5.36. The maximum absolute atomic E-state index is 11.6. The molecule has 0 aliphatic carbocycles. The topological polar surface area (TPSA) is 56.8 Å². The molecule has 0 bridgehead atoms. The van der Waals surface area contributed by atoms with Crippen molar-refractivity contribution >= 4 is 24.4 Å². The number of ether oxygens (including phenoxy) is 1. The summed E-state index contributed by atoms with van der Waals surface area (Å²) in [5, 5.41) is 2.69. The summed E-state index contributed by atoms with van der Waals surface area (Å²) < 4.78 is 16.1. The molecule has 1 N–H and O–H groups in total. The molecule has 0 spiro atoms. The Balaban J connectivity index is 2.24. The second-order valence-electron chi connectivity index (χ2n) is 4.54. The van der Waals surface area contributed by atoms with Gasteiger partial charge >= 0.3 is 6.09 Å². The molecule has 5 nitrogen and oxygen atoms in total. The molecule has 23 heavy (non-hydrogen) atoms. The van der Waals surface area contributed by atoms with Crippen molar-refractivity contribution in [3.63, 3.8) is 0 Å². The van der Waals surface area contributed by atoms with E-state index in [2.05, 4.69) is 5.32 Å². The summed E-state index contributed by atoms with van der Waals surface area (Å²) in [5.41, 5.74) is 0.955. The first-order chi connectivity index (χ1) is 11.1. The third-order valence-electron chi connectivity index (χ3n) is 2.70. The van der Waals surface area contributed by atoms with Gasteiger partial charge in [0.05, 0.1) is 13.2 Å². The summed E-state index contributed by atoms with van der Waals surface area (Å²) in [6, 6.07) is 9.54. The average molecular weight is 357 g/mol. The van der Waals surface area contributed by atoms with Gasteiger partial charge in [-0.15, -0.1) is 0 Å². The Bertz CT molecular complexity index is 526. The molecule has 0 aliphatic rings. The summed E-state index contributed by atoms with van der Waals surface area (Å²) in [6.07, 6.45) is 2.08. The molecule has 128 valence electrons. The molecule has 0 aromatic heterocycles. The zero-order chi connectivity index (χ0) is 17.0. The lowest BCUT2D eigenvalue weighted by molar-refractivity contribution is 0.140. The van der Waals surface area contributed by atoms with Crippen LogP contribution in [0.15, 0.2) is 42.2 Å². The van der Waals surface area contributed by atoms with Crippen LogP contribution in [0.4, 0.5) is 4.79 Å². The summed E-state index contributed by atoms with van der Waals surface area (Å²) in [4.78, 5) is 11.6. The Morgan fingerprint density at radius 2 is 1.87 bits per heavy atom. The predicted molar refractivity (Wildman–Crippen MR) is 95.9 cm³/mol. The van der Waals surface area contributed by atoms with Crippen molar-refractivity contribution in [1.82, 2.24) is 5.32 Å². The third-order valence-corrected chi connectivity index (χ3v) is 5.51. The molecule has 1 aromatic rings. The van der Waals surface area contributed by atoms with E-state index in [1.807, 2.05) is 50.3 Å². The lowest BCUT2D eigenvalue weighted by atomic mass is 10.2. The molecular formula is C16H24NO4PS. The predicted octanol–water partition coefficient (Wildman–Crippen LogP) is 4.20. The zero-order valence-corrected chi connectivity index (χ0v) is 15.3. The molecule has 0 heterocycles. The molecule has 0 aliphatic heterocycles. The lowest BCUT2D eigenvalue weighted by Gasteiger charge is -2.16. The first-order valence-electron chi connectivity index (χ1n) is 7.60. The number of nitrogens with one attached hydrogen (secondary N) is 1. The van der Waals surface area contributed by atoms with Gasteiger partial charge in [0.15, 0.2) is 0 Å². The zero-order valence-electron chi connectivity index (χ0n) is 13.6. The van der Waals surface area contributed by atoms with Gasteiger partial charge in [0.2, 0.25) is 6.49 Å². The molecule has 1 aromatic carbocycles. The maximum Gasteiger partial charge on any atom is 0.407 e. The molecule has 1 rings (SSSR count). The van der Waals surface area contributed by atoms with Gasteiger partial charge in [-0.3, -0.25) is 0 Å². The fraction of sp³-hybridized carbons (Fsp3) is 0.438. The minimum Gasteiger partial charge on any atom is -0.445 e. The number of benzene rings is 1. The number of carbonyl (C=O) groups excluding carboxylic acids is 1. The van der Waals surface area contributed by atoms with E-state index in [4.69, 9.17) is 25.6 Å². The van der Waals surface area contributed by atoms with E-state index in [9.17, 15) is 4.79 Å². The van der Waals surface area contributed by atoms with Crippen LogP contribution in [0.5, 0.6) is 0 Å². The number of carbonyl (C=O) groups is 1. The molecule has 0 radical (unpaired) electrons. The van der Waals surface area contributed by atoms with Gasteiger partial charge in [0.25, 0.3) is 0 Å². The van der Waals surface area contributed by atoms with Crippen LogP contribution in [0, 0.1) is 0 Å². The standard InChI is InChI=1S/C16H24NO4PS/c1-3-20-22(23,21-4-2)13-9-8-12-17-16(18)19-14-15-10-6-5-7-11-15/h5-7,9-11,13H,3-4,8,12,14H2,1-2H3,(H,17,18)/b13-9+. The van der Waals surface area contributed by atoms with Crippen molar-refractivity contribution in [3.8, 4) is 0 Å². The molecule has 0 unspecified atom stereocenters. The van der Waals surface area contributed by atoms with Crippen molar-refractivity contribution in [1.29, 1.82) is 0 Å². The van der Waals surface area contributed by atoms with Crippen LogP contribution >= 0.6 is 6.49 Å². The van der Waals surface area contributed by atoms with Gasteiger partial charge in [-0.1, -0.05) is 36.4 Å². The van der Waals surface area contributed by atoms with Crippen molar-refractivity contribution in [2.75, 3.05) is 19.8 Å². The van der Waals surface area contributed by atoms with Crippen LogP contribution in [0.1, 0.15) is 25.8 Å². The van der Waals surface area contributed by atoms with Crippen LogP contribution < -0.4 is 5.32 Å². The van der Waals surface area contributed by atoms with E-state index in [0.29, 0.717) is 26.2 Å². The highest BCUT2D eigenvalue weighted by atomic mass is 32.5. The lowest BCUT2D eigenvalue weighted by Crippen LogP contribution is -2.24. The highest BCUT2D eigenvalue weighted by Crippen LogP contribution is 2.50. The van der Waals surface area contributed by atoms with Crippen molar-refractivity contribution in [2.24, 2.45) is 0 Å². The van der Waals surface area contributed by atoms with E-state index in [0.717, 1.165) is 5.56 Å². The van der Waals surface area contributed by atoms with Crippen LogP contribution in [-0.4, -0.2) is 25.9 Å². The Hall–Kier alpha value is -1.20. The first-order valence-corrected chi connectivity index (χ1v) is 10.3. The maximum atomic E-state index is 11.6. The monoisotopic (exact) mass is 357 g/mol. The smallest absolute Gasteiger partial charge is 0.407 e. The minimum absolute atomic E-state index is 0.262. The SMILES string of the molecule is CCOP(=S)(/C=C/CCNC(=O)OCc1ccccc1)OCC. The molecule has 0 saturated carbocycles. The van der Waals surface area contributed by atoms with Gasteiger partial charge in [0.1, 0.15) is 6.61 Å². The summed E-state index contributed by atoms with van der Waals surface area (Å²) in [7, 11) is 0. The molecule has 0 saturated heterocycles. The van der Waals surface area contributed by atoms with Crippen molar-refractivity contribution < 1.29 is 18.6 Å².